The van der Waals surface area contributed by atoms with Crippen molar-refractivity contribution >= 4 is 22.9 Å². The van der Waals surface area contributed by atoms with E-state index in [0.717, 1.165) is 13.3 Å². The molecule has 1 aromatic heterocycles. The molecule has 1 heterocycles. The van der Waals surface area contributed by atoms with E-state index in [1.807, 2.05) is 18.3 Å². The number of hydrogen-bond acceptors (Lipinski definition) is 1. The average molecular weight is 293 g/mol. The van der Waals surface area contributed by atoms with Crippen molar-refractivity contribution in [1.29, 1.82) is 0 Å². The molecule has 0 atom stereocenters. The Balaban J connectivity index is 0.000000131. The van der Waals surface area contributed by atoms with Crippen molar-refractivity contribution in [2.75, 3.05) is 0 Å². The van der Waals surface area contributed by atoms with Gasteiger partial charge in [-0.1, -0.05) is 54.6 Å². The summed E-state index contributed by atoms with van der Waals surface area (Å²) in [6.07, 6.45) is 7.45. The van der Waals surface area contributed by atoms with Gasteiger partial charge in [0.2, 0.25) is 0 Å². The first-order chi connectivity index (χ1) is 10.7. The third-order valence-electron chi connectivity index (χ3n) is 3.15. The van der Waals surface area contributed by atoms with E-state index in [2.05, 4.69) is 59.6 Å². The zero-order valence-corrected chi connectivity index (χ0v) is 12.5. The summed E-state index contributed by atoms with van der Waals surface area (Å²) in [6.45, 7) is 1.08. The first-order valence-corrected chi connectivity index (χ1v) is 7.13. The number of aliphatic carboxylic acids is 1. The summed E-state index contributed by atoms with van der Waals surface area (Å²) in [5.74, 6) is -0.833. The Labute approximate surface area is 129 Å². The molecule has 3 nitrogen and oxygen atoms in total. The van der Waals surface area contributed by atoms with Crippen molar-refractivity contribution < 1.29 is 9.90 Å². The third-order valence-corrected chi connectivity index (χ3v) is 3.15. The van der Waals surface area contributed by atoms with E-state index >= 15 is 0 Å². The molecule has 0 amide bonds. The molecule has 2 N–H and O–H groups in total. The summed E-state index contributed by atoms with van der Waals surface area (Å²) in [5.41, 5.74) is 4.05. The molecule has 0 fully saturated rings. The van der Waals surface area contributed by atoms with Gasteiger partial charge in [-0.15, -0.1) is 0 Å². The molecule has 1 aliphatic carbocycles. The van der Waals surface area contributed by atoms with Crippen molar-refractivity contribution in [1.82, 2.24) is 4.98 Å². The van der Waals surface area contributed by atoms with Crippen LogP contribution in [0.4, 0.5) is 0 Å². The second kappa shape index (κ2) is 7.84. The van der Waals surface area contributed by atoms with Gasteiger partial charge in [0.05, 0.1) is 0 Å². The van der Waals surface area contributed by atoms with Crippen molar-refractivity contribution in [3.63, 3.8) is 0 Å². The lowest BCUT2D eigenvalue weighted by Gasteiger charge is -1.93. The van der Waals surface area contributed by atoms with Gasteiger partial charge in [0.25, 0.3) is 5.97 Å². The standard InChI is InChI=1S/C9H8.C8H7N.C2H4O2/c1-2-5-9-7-3-6-8(9)4-1;1-2-4-8-7(3-1)5-6-9-8;1-2(3)4/h1-6H,7H2;1-6,9H;1H3,(H,3,4). The lowest BCUT2D eigenvalue weighted by atomic mass is 10.1. The Morgan fingerprint density at radius 1 is 1.05 bits per heavy atom. The van der Waals surface area contributed by atoms with Gasteiger partial charge in [0.15, 0.2) is 0 Å². The molecular formula is C19H19NO2. The number of carbonyl (C=O) groups is 1. The van der Waals surface area contributed by atoms with Gasteiger partial charge in [-0.2, -0.15) is 0 Å². The summed E-state index contributed by atoms with van der Waals surface area (Å²) < 4.78 is 0. The molecule has 3 heteroatoms. The van der Waals surface area contributed by atoms with Crippen LogP contribution in [0.15, 0.2) is 66.9 Å². The van der Waals surface area contributed by atoms with Crippen LogP contribution in [0, 0.1) is 0 Å². The molecule has 1 aliphatic rings. The minimum atomic E-state index is -0.833. The Hall–Kier alpha value is -2.81. The zero-order valence-electron chi connectivity index (χ0n) is 12.5. The van der Waals surface area contributed by atoms with Gasteiger partial charge in [-0.25, -0.2) is 0 Å². The van der Waals surface area contributed by atoms with Crippen LogP contribution in [0.3, 0.4) is 0 Å². The van der Waals surface area contributed by atoms with Crippen LogP contribution < -0.4 is 0 Å². The third kappa shape index (κ3) is 4.63. The zero-order chi connectivity index (χ0) is 15.8. The molecule has 0 radical (unpaired) electrons. The predicted octanol–water partition coefficient (Wildman–Crippen LogP) is 4.51. The highest BCUT2D eigenvalue weighted by atomic mass is 16.4. The number of hydrogen-bond donors (Lipinski definition) is 2. The van der Waals surface area contributed by atoms with Crippen LogP contribution in [0.2, 0.25) is 0 Å². The molecule has 0 bridgehead atoms. The molecule has 4 rings (SSSR count). The molecule has 2 aromatic carbocycles. The number of H-pyrrole nitrogens is 1. The number of aromatic amines is 1. The SMILES string of the molecule is C1=Cc2ccccc2C1.CC(=O)O.c1ccc2[nH]ccc2c1. The number of para-hydroxylation sites is 1. The first-order valence-electron chi connectivity index (χ1n) is 7.13. The fourth-order valence-electron chi connectivity index (χ4n) is 2.19. The molecule has 0 unspecified atom stereocenters. The van der Waals surface area contributed by atoms with E-state index in [1.54, 1.807) is 0 Å². The topological polar surface area (TPSA) is 53.1 Å². The maximum absolute atomic E-state index is 9.00. The predicted molar refractivity (Wildman–Crippen MR) is 90.8 cm³/mol. The van der Waals surface area contributed by atoms with E-state index in [4.69, 9.17) is 9.90 Å². The van der Waals surface area contributed by atoms with Crippen molar-refractivity contribution in [2.24, 2.45) is 0 Å². The van der Waals surface area contributed by atoms with E-state index in [9.17, 15) is 0 Å². The lowest BCUT2D eigenvalue weighted by molar-refractivity contribution is -0.134. The second-order valence-electron chi connectivity index (χ2n) is 4.89. The maximum Gasteiger partial charge on any atom is 0.300 e. The Morgan fingerprint density at radius 2 is 1.73 bits per heavy atom. The van der Waals surface area contributed by atoms with E-state index < -0.39 is 5.97 Å². The monoisotopic (exact) mass is 293 g/mol. The van der Waals surface area contributed by atoms with E-state index in [-0.39, 0.29) is 0 Å². The van der Waals surface area contributed by atoms with Crippen LogP contribution in [-0.4, -0.2) is 16.1 Å². The second-order valence-corrected chi connectivity index (χ2v) is 4.89. The molecule has 3 aromatic rings. The van der Waals surface area contributed by atoms with Gasteiger partial charge in [-0.05, 0) is 35.1 Å². The van der Waals surface area contributed by atoms with Gasteiger partial charge >= 0.3 is 0 Å². The Morgan fingerprint density at radius 3 is 2.45 bits per heavy atom. The lowest BCUT2D eigenvalue weighted by Crippen LogP contribution is -1.78. The first kappa shape index (κ1) is 15.6. The van der Waals surface area contributed by atoms with Crippen molar-refractivity contribution in [3.8, 4) is 0 Å². The number of aromatic nitrogens is 1. The summed E-state index contributed by atoms with van der Waals surface area (Å²) >= 11 is 0. The highest BCUT2D eigenvalue weighted by Crippen LogP contribution is 2.17. The summed E-state index contributed by atoms with van der Waals surface area (Å²) in [4.78, 5) is 12.1. The van der Waals surface area contributed by atoms with Gasteiger partial charge in [0.1, 0.15) is 0 Å². The van der Waals surface area contributed by atoms with Crippen molar-refractivity contribution in [3.05, 3.63) is 78.0 Å². The van der Waals surface area contributed by atoms with E-state index in [1.165, 1.54) is 22.0 Å². The maximum atomic E-state index is 9.00. The molecule has 112 valence electrons. The van der Waals surface area contributed by atoms with Crippen LogP contribution in [0.5, 0.6) is 0 Å². The molecule has 0 saturated carbocycles. The number of allylic oxidation sites excluding steroid dienone is 1. The molecule has 22 heavy (non-hydrogen) atoms. The number of benzene rings is 2. The number of rotatable bonds is 0. The summed E-state index contributed by atoms with van der Waals surface area (Å²) in [7, 11) is 0. The fraction of sp³-hybridized carbons (Fsp3) is 0.105. The Bertz CT molecular complexity index is 737. The average Bonchev–Trinajstić information content (AvgIpc) is 3.16. The fourth-order valence-corrected chi connectivity index (χ4v) is 2.19. The molecule has 0 saturated heterocycles. The van der Waals surface area contributed by atoms with Crippen LogP contribution in [0.25, 0.3) is 17.0 Å². The normalized spacial score (nSPS) is 11.0. The number of carboxylic acids is 1. The van der Waals surface area contributed by atoms with E-state index in [0.29, 0.717) is 0 Å². The van der Waals surface area contributed by atoms with Crippen LogP contribution >= 0.6 is 0 Å². The van der Waals surface area contributed by atoms with Crippen LogP contribution in [0.1, 0.15) is 18.1 Å². The van der Waals surface area contributed by atoms with Crippen LogP contribution in [-0.2, 0) is 11.2 Å². The Kier molecular flexibility index (Phi) is 5.55. The minimum Gasteiger partial charge on any atom is -0.481 e. The quantitative estimate of drug-likeness (QED) is 0.640. The van der Waals surface area contributed by atoms with Gasteiger partial charge in [0, 0.05) is 18.6 Å². The van der Waals surface area contributed by atoms with Gasteiger partial charge in [-0.3, -0.25) is 4.79 Å². The highest BCUT2D eigenvalue weighted by molar-refractivity contribution is 5.78. The molecule has 0 spiro atoms. The largest absolute Gasteiger partial charge is 0.481 e. The number of fused-ring (bicyclic) bond motifs is 2. The number of nitrogens with one attached hydrogen (secondary N) is 1. The molecular weight excluding hydrogens is 274 g/mol. The van der Waals surface area contributed by atoms with Crippen molar-refractivity contribution in [2.45, 2.75) is 13.3 Å². The smallest absolute Gasteiger partial charge is 0.300 e. The minimum absolute atomic E-state index is 0.833. The number of carboxylic acid groups (broad SMARTS) is 1. The summed E-state index contributed by atoms with van der Waals surface area (Å²) in [6, 6.07) is 18.8. The summed E-state index contributed by atoms with van der Waals surface area (Å²) in [5, 5.41) is 8.69. The highest BCUT2D eigenvalue weighted by Gasteiger charge is 2.00. The van der Waals surface area contributed by atoms with Gasteiger partial charge < -0.3 is 10.1 Å². The molecule has 0 aliphatic heterocycles.